The van der Waals surface area contributed by atoms with Gasteiger partial charge in [-0.1, -0.05) is 13.0 Å². The van der Waals surface area contributed by atoms with Crippen molar-refractivity contribution >= 4 is 6.09 Å². The van der Waals surface area contributed by atoms with Crippen LogP contribution in [0.25, 0.3) is 0 Å². The molecule has 1 fully saturated rings. The summed E-state index contributed by atoms with van der Waals surface area (Å²) in [5, 5.41) is 3.57. The van der Waals surface area contributed by atoms with E-state index in [1.165, 1.54) is 0 Å². The lowest BCUT2D eigenvalue weighted by molar-refractivity contribution is 0.0285. The Bertz CT molecular complexity index is 323. The van der Waals surface area contributed by atoms with Crippen LogP contribution in [0.15, 0.2) is 12.7 Å². The number of nitrogens with one attached hydrogen (secondary N) is 1. The van der Waals surface area contributed by atoms with Crippen LogP contribution in [0.4, 0.5) is 4.79 Å². The summed E-state index contributed by atoms with van der Waals surface area (Å²) >= 11 is 0. The van der Waals surface area contributed by atoms with Gasteiger partial charge in [0.1, 0.15) is 5.60 Å². The second-order valence-corrected chi connectivity index (χ2v) is 6.56. The van der Waals surface area contributed by atoms with Crippen molar-refractivity contribution in [3.63, 3.8) is 0 Å². The van der Waals surface area contributed by atoms with Crippen LogP contribution in [-0.4, -0.2) is 42.3 Å². The van der Waals surface area contributed by atoms with E-state index >= 15 is 0 Å². The Kier molecular flexibility index (Phi) is 6.53. The van der Waals surface area contributed by atoms with Crippen LogP contribution in [0.5, 0.6) is 0 Å². The highest BCUT2D eigenvalue weighted by Crippen LogP contribution is 2.23. The fourth-order valence-corrected chi connectivity index (χ4v) is 2.56. The summed E-state index contributed by atoms with van der Waals surface area (Å²) < 4.78 is 5.44. The molecule has 1 aliphatic heterocycles. The zero-order valence-corrected chi connectivity index (χ0v) is 13.4. The highest BCUT2D eigenvalue weighted by Gasteiger charge is 2.33. The first-order valence-corrected chi connectivity index (χ1v) is 7.69. The normalized spacial score (nSPS) is 20.8. The molecular formula is C16H30N2O2. The quantitative estimate of drug-likeness (QED) is 0.761. The van der Waals surface area contributed by atoms with Crippen molar-refractivity contribution in [3.8, 4) is 0 Å². The van der Waals surface area contributed by atoms with E-state index < -0.39 is 5.60 Å². The fraction of sp³-hybridized carbons (Fsp3) is 0.812. The fourth-order valence-electron chi connectivity index (χ4n) is 2.56. The van der Waals surface area contributed by atoms with Crippen LogP contribution in [0.1, 0.15) is 47.0 Å². The molecule has 0 aromatic rings. The van der Waals surface area contributed by atoms with E-state index in [2.05, 4.69) is 18.8 Å². The van der Waals surface area contributed by atoms with E-state index in [-0.39, 0.29) is 6.09 Å². The molecule has 0 saturated carbocycles. The van der Waals surface area contributed by atoms with Gasteiger partial charge < -0.3 is 15.0 Å². The molecule has 1 amide bonds. The van der Waals surface area contributed by atoms with Crippen LogP contribution < -0.4 is 5.32 Å². The number of ether oxygens (including phenoxy) is 1. The van der Waals surface area contributed by atoms with Crippen molar-refractivity contribution in [2.24, 2.45) is 5.92 Å². The zero-order chi connectivity index (χ0) is 15.2. The molecule has 0 aliphatic carbocycles. The van der Waals surface area contributed by atoms with Gasteiger partial charge in [0.15, 0.2) is 0 Å². The topological polar surface area (TPSA) is 41.6 Å². The molecule has 0 aromatic carbocycles. The van der Waals surface area contributed by atoms with E-state index in [9.17, 15) is 4.79 Å². The average Bonchev–Trinajstić information content (AvgIpc) is 2.82. The van der Waals surface area contributed by atoms with E-state index in [1.807, 2.05) is 31.7 Å². The number of carbonyl (C=O) groups excluding carboxylic acids is 1. The SMILES string of the molecule is C=CCC(NCCC)C1CCN(C(=O)OC(C)(C)C)C1. The lowest BCUT2D eigenvalue weighted by Crippen LogP contribution is -2.40. The van der Waals surface area contributed by atoms with Crippen molar-refractivity contribution in [1.82, 2.24) is 10.2 Å². The van der Waals surface area contributed by atoms with Crippen molar-refractivity contribution in [2.75, 3.05) is 19.6 Å². The molecule has 1 saturated heterocycles. The molecule has 2 unspecified atom stereocenters. The lowest BCUT2D eigenvalue weighted by Gasteiger charge is -2.26. The first-order chi connectivity index (χ1) is 9.37. The summed E-state index contributed by atoms with van der Waals surface area (Å²) in [6.07, 6.45) is 4.88. The molecule has 20 heavy (non-hydrogen) atoms. The van der Waals surface area contributed by atoms with Gasteiger partial charge >= 0.3 is 6.09 Å². The second kappa shape index (κ2) is 7.67. The maximum absolute atomic E-state index is 12.1. The van der Waals surface area contributed by atoms with Crippen LogP contribution in [0.2, 0.25) is 0 Å². The average molecular weight is 282 g/mol. The summed E-state index contributed by atoms with van der Waals surface area (Å²) in [5.74, 6) is 0.493. The Morgan fingerprint density at radius 3 is 2.80 bits per heavy atom. The molecule has 1 heterocycles. The van der Waals surface area contributed by atoms with Crippen molar-refractivity contribution < 1.29 is 9.53 Å². The summed E-state index contributed by atoms with van der Waals surface area (Å²) in [5.41, 5.74) is -0.420. The Morgan fingerprint density at radius 2 is 2.25 bits per heavy atom. The van der Waals surface area contributed by atoms with Crippen LogP contribution in [-0.2, 0) is 4.74 Å². The zero-order valence-electron chi connectivity index (χ0n) is 13.4. The van der Waals surface area contributed by atoms with Crippen molar-refractivity contribution in [1.29, 1.82) is 0 Å². The molecule has 0 radical (unpaired) electrons. The van der Waals surface area contributed by atoms with Gasteiger partial charge in [0.05, 0.1) is 0 Å². The minimum atomic E-state index is -0.420. The van der Waals surface area contributed by atoms with Gasteiger partial charge in [0.25, 0.3) is 0 Å². The molecule has 1 aliphatic rings. The van der Waals surface area contributed by atoms with Gasteiger partial charge in [-0.05, 0) is 52.5 Å². The third-order valence-corrected chi connectivity index (χ3v) is 3.52. The van der Waals surface area contributed by atoms with Gasteiger partial charge in [0.2, 0.25) is 0 Å². The van der Waals surface area contributed by atoms with Gasteiger partial charge in [-0.3, -0.25) is 0 Å². The molecule has 1 rings (SSSR count). The van der Waals surface area contributed by atoms with E-state index in [4.69, 9.17) is 4.74 Å². The number of hydrogen-bond acceptors (Lipinski definition) is 3. The van der Waals surface area contributed by atoms with E-state index in [1.54, 1.807) is 0 Å². The van der Waals surface area contributed by atoms with Crippen LogP contribution >= 0.6 is 0 Å². The van der Waals surface area contributed by atoms with Crippen molar-refractivity contribution in [2.45, 2.75) is 58.6 Å². The molecule has 4 heteroatoms. The maximum Gasteiger partial charge on any atom is 0.410 e. The second-order valence-electron chi connectivity index (χ2n) is 6.56. The summed E-state index contributed by atoms with van der Waals surface area (Å²) in [6.45, 7) is 14.3. The summed E-state index contributed by atoms with van der Waals surface area (Å²) in [7, 11) is 0. The van der Waals surface area contributed by atoms with Gasteiger partial charge in [-0.2, -0.15) is 0 Å². The molecule has 0 aromatic heterocycles. The largest absolute Gasteiger partial charge is 0.444 e. The predicted molar refractivity (Wildman–Crippen MR) is 82.8 cm³/mol. The van der Waals surface area contributed by atoms with E-state index in [0.717, 1.165) is 38.9 Å². The molecule has 2 atom stereocenters. The van der Waals surface area contributed by atoms with Gasteiger partial charge in [0, 0.05) is 19.1 Å². The van der Waals surface area contributed by atoms with Crippen LogP contribution in [0.3, 0.4) is 0 Å². The number of carbonyl (C=O) groups is 1. The highest BCUT2D eigenvalue weighted by molar-refractivity contribution is 5.68. The van der Waals surface area contributed by atoms with E-state index in [0.29, 0.717) is 12.0 Å². The summed E-state index contributed by atoms with van der Waals surface area (Å²) in [4.78, 5) is 13.9. The Morgan fingerprint density at radius 1 is 1.55 bits per heavy atom. The first kappa shape index (κ1) is 17.0. The molecule has 0 bridgehead atoms. The monoisotopic (exact) mass is 282 g/mol. The predicted octanol–water partition coefficient (Wildman–Crippen LogP) is 3.19. The Labute approximate surface area is 123 Å². The maximum atomic E-state index is 12.1. The number of hydrogen-bond donors (Lipinski definition) is 1. The smallest absolute Gasteiger partial charge is 0.410 e. The number of rotatable bonds is 6. The number of likely N-dealkylation sites (tertiary alicyclic amines) is 1. The third kappa shape index (κ3) is 5.53. The molecule has 116 valence electrons. The highest BCUT2D eigenvalue weighted by atomic mass is 16.6. The number of amides is 1. The van der Waals surface area contributed by atoms with Crippen LogP contribution in [0, 0.1) is 5.92 Å². The minimum absolute atomic E-state index is 0.187. The summed E-state index contributed by atoms with van der Waals surface area (Å²) in [6, 6.07) is 0.417. The Balaban J connectivity index is 2.51. The minimum Gasteiger partial charge on any atom is -0.444 e. The molecule has 1 N–H and O–H groups in total. The number of nitrogens with zero attached hydrogens (tertiary/aromatic N) is 1. The molecule has 4 nitrogen and oxygen atoms in total. The lowest BCUT2D eigenvalue weighted by atomic mass is 9.96. The van der Waals surface area contributed by atoms with Crippen molar-refractivity contribution in [3.05, 3.63) is 12.7 Å². The first-order valence-electron chi connectivity index (χ1n) is 7.69. The van der Waals surface area contributed by atoms with Gasteiger partial charge in [-0.15, -0.1) is 6.58 Å². The Hall–Kier alpha value is -1.03. The van der Waals surface area contributed by atoms with Gasteiger partial charge in [-0.25, -0.2) is 4.79 Å². The molecule has 0 spiro atoms. The third-order valence-electron chi connectivity index (χ3n) is 3.52. The standard InChI is InChI=1S/C16H30N2O2/c1-6-8-14(17-10-7-2)13-9-11-18(12-13)15(19)20-16(3,4)5/h6,13-14,17H,1,7-12H2,2-5H3. The molecular weight excluding hydrogens is 252 g/mol.